The van der Waals surface area contributed by atoms with Crippen LogP contribution in [-0.2, 0) is 10.0 Å². The van der Waals surface area contributed by atoms with Crippen molar-refractivity contribution in [3.8, 4) is 0 Å². The summed E-state index contributed by atoms with van der Waals surface area (Å²) in [6.45, 7) is 4.81. The van der Waals surface area contributed by atoms with Gasteiger partial charge in [0, 0.05) is 30.5 Å². The lowest BCUT2D eigenvalue weighted by molar-refractivity contribution is 0.0710. The number of aromatic amines is 1. The molecule has 2 N–H and O–H groups in total. The molecule has 2 heterocycles. The molecule has 9 heteroatoms. The van der Waals surface area contributed by atoms with Crippen molar-refractivity contribution >= 4 is 15.9 Å². The topological polar surface area (TPSA) is 108 Å². The number of sulfonamides is 1. The third-order valence-electron chi connectivity index (χ3n) is 6.06. The number of carbonyl (C=O) groups is 1. The van der Waals surface area contributed by atoms with E-state index in [2.05, 4.69) is 19.9 Å². The van der Waals surface area contributed by atoms with Gasteiger partial charge in [-0.2, -0.15) is 5.10 Å². The number of likely N-dealkylation sites (tertiary alicyclic amines) is 1. The number of hydrogen-bond acceptors (Lipinski definition) is 5. The third kappa shape index (κ3) is 3.93. The van der Waals surface area contributed by atoms with Crippen molar-refractivity contribution in [3.63, 3.8) is 0 Å². The van der Waals surface area contributed by atoms with Gasteiger partial charge in [-0.25, -0.2) is 18.1 Å². The lowest BCUT2D eigenvalue weighted by Gasteiger charge is -2.31. The molecule has 0 bridgehead atoms. The number of amides is 1. The molecular weight excluding hydrogens is 390 g/mol. The van der Waals surface area contributed by atoms with E-state index >= 15 is 0 Å². The molecule has 156 valence electrons. The lowest BCUT2D eigenvalue weighted by Crippen LogP contribution is -2.38. The fourth-order valence-corrected chi connectivity index (χ4v) is 4.94. The SMILES string of the molecule is CNS(=O)(=O)c1cc(C(=O)N2CCC(c3nc(C4CC4)n[nH]3)CC2)cc(C)c1C. The molecule has 1 saturated heterocycles. The van der Waals surface area contributed by atoms with Gasteiger partial charge in [-0.1, -0.05) is 0 Å². The van der Waals surface area contributed by atoms with Crippen LogP contribution in [0.1, 0.15) is 70.7 Å². The van der Waals surface area contributed by atoms with Gasteiger partial charge in [0.15, 0.2) is 5.82 Å². The van der Waals surface area contributed by atoms with E-state index in [0.717, 1.165) is 30.1 Å². The van der Waals surface area contributed by atoms with Crippen molar-refractivity contribution in [2.24, 2.45) is 0 Å². The average molecular weight is 418 g/mol. The molecule has 2 aromatic rings. The third-order valence-corrected chi connectivity index (χ3v) is 7.60. The minimum Gasteiger partial charge on any atom is -0.339 e. The zero-order valence-electron chi connectivity index (χ0n) is 17.0. The molecule has 0 spiro atoms. The monoisotopic (exact) mass is 417 g/mol. The second-order valence-electron chi connectivity index (χ2n) is 8.04. The summed E-state index contributed by atoms with van der Waals surface area (Å²) < 4.78 is 27.0. The number of H-pyrrole nitrogens is 1. The summed E-state index contributed by atoms with van der Waals surface area (Å²) in [5.74, 6) is 2.52. The van der Waals surface area contributed by atoms with E-state index in [-0.39, 0.29) is 16.7 Å². The molecule has 29 heavy (non-hydrogen) atoms. The molecule has 1 aliphatic heterocycles. The number of nitrogens with one attached hydrogen (secondary N) is 2. The first-order chi connectivity index (χ1) is 13.8. The van der Waals surface area contributed by atoms with Crippen LogP contribution in [0.5, 0.6) is 0 Å². The largest absolute Gasteiger partial charge is 0.339 e. The molecular formula is C20H27N5O3S. The number of nitrogens with zero attached hydrogens (tertiary/aromatic N) is 3. The van der Waals surface area contributed by atoms with Gasteiger partial charge in [-0.05, 0) is 69.8 Å². The standard InChI is InChI=1S/C20H27N5O3S/c1-12-10-16(11-17(13(12)2)29(27,28)21-3)20(26)25-8-6-15(7-9-25)19-22-18(23-24-19)14-4-5-14/h10-11,14-15,21H,4-9H2,1-3H3,(H,22,23,24). The zero-order valence-corrected chi connectivity index (χ0v) is 17.8. The quantitative estimate of drug-likeness (QED) is 0.776. The van der Waals surface area contributed by atoms with Gasteiger partial charge in [0.2, 0.25) is 10.0 Å². The molecule has 8 nitrogen and oxygen atoms in total. The van der Waals surface area contributed by atoms with E-state index in [4.69, 9.17) is 0 Å². The lowest BCUT2D eigenvalue weighted by atomic mass is 9.95. The summed E-state index contributed by atoms with van der Waals surface area (Å²) in [7, 11) is -2.25. The predicted octanol–water partition coefficient (Wildman–Crippen LogP) is 2.23. The molecule has 2 aliphatic rings. The van der Waals surface area contributed by atoms with E-state index in [1.807, 2.05) is 6.92 Å². The van der Waals surface area contributed by atoms with Crippen molar-refractivity contribution < 1.29 is 13.2 Å². The van der Waals surface area contributed by atoms with Crippen LogP contribution < -0.4 is 4.72 Å². The Morgan fingerprint density at radius 1 is 1.14 bits per heavy atom. The summed E-state index contributed by atoms with van der Waals surface area (Å²) in [5.41, 5.74) is 1.86. The maximum atomic E-state index is 13.1. The zero-order chi connectivity index (χ0) is 20.8. The van der Waals surface area contributed by atoms with Crippen LogP contribution in [0.2, 0.25) is 0 Å². The maximum Gasteiger partial charge on any atom is 0.253 e. The summed E-state index contributed by atoms with van der Waals surface area (Å²) >= 11 is 0. The molecule has 4 rings (SSSR count). The van der Waals surface area contributed by atoms with Gasteiger partial charge in [0.25, 0.3) is 5.91 Å². The Kier molecular flexibility index (Phi) is 5.20. The number of aryl methyl sites for hydroxylation is 1. The van der Waals surface area contributed by atoms with Crippen molar-refractivity contribution in [1.29, 1.82) is 0 Å². The summed E-state index contributed by atoms with van der Waals surface area (Å²) in [6, 6.07) is 3.26. The highest BCUT2D eigenvalue weighted by atomic mass is 32.2. The van der Waals surface area contributed by atoms with Crippen molar-refractivity contribution in [3.05, 3.63) is 40.5 Å². The highest BCUT2D eigenvalue weighted by Crippen LogP contribution is 2.38. The summed E-state index contributed by atoms with van der Waals surface area (Å²) in [6.07, 6.45) is 3.98. The van der Waals surface area contributed by atoms with Crippen LogP contribution >= 0.6 is 0 Å². The molecule has 1 aromatic carbocycles. The first-order valence-corrected chi connectivity index (χ1v) is 11.5. The van der Waals surface area contributed by atoms with E-state index < -0.39 is 10.0 Å². The van der Waals surface area contributed by atoms with Crippen LogP contribution in [-0.4, -0.2) is 54.5 Å². The molecule has 1 saturated carbocycles. The highest BCUT2D eigenvalue weighted by molar-refractivity contribution is 7.89. The van der Waals surface area contributed by atoms with Crippen LogP contribution in [0.25, 0.3) is 0 Å². The van der Waals surface area contributed by atoms with Gasteiger partial charge in [-0.15, -0.1) is 0 Å². The normalized spacial score (nSPS) is 18.2. The minimum absolute atomic E-state index is 0.129. The minimum atomic E-state index is -3.62. The second-order valence-corrected chi connectivity index (χ2v) is 9.90. The van der Waals surface area contributed by atoms with Gasteiger partial charge < -0.3 is 4.90 Å². The second kappa shape index (κ2) is 7.53. The Morgan fingerprint density at radius 2 is 1.83 bits per heavy atom. The van der Waals surface area contributed by atoms with E-state index in [0.29, 0.717) is 30.1 Å². The Morgan fingerprint density at radius 3 is 2.45 bits per heavy atom. The molecule has 1 aliphatic carbocycles. The molecule has 1 amide bonds. The Hall–Kier alpha value is -2.26. The van der Waals surface area contributed by atoms with Crippen molar-refractivity contribution in [2.75, 3.05) is 20.1 Å². The predicted molar refractivity (Wildman–Crippen MR) is 108 cm³/mol. The van der Waals surface area contributed by atoms with Crippen LogP contribution in [0.4, 0.5) is 0 Å². The molecule has 1 aromatic heterocycles. The fourth-order valence-electron chi connectivity index (χ4n) is 3.87. The number of piperidine rings is 1. The van der Waals surface area contributed by atoms with Crippen molar-refractivity contribution in [2.45, 2.75) is 56.3 Å². The number of carbonyl (C=O) groups excluding carboxylic acids is 1. The first kappa shape index (κ1) is 20.0. The molecule has 0 unspecified atom stereocenters. The van der Waals surface area contributed by atoms with Crippen LogP contribution in [0.15, 0.2) is 17.0 Å². The van der Waals surface area contributed by atoms with Crippen molar-refractivity contribution in [1.82, 2.24) is 24.8 Å². The summed E-state index contributed by atoms with van der Waals surface area (Å²) in [4.78, 5) is 19.7. The van der Waals surface area contributed by atoms with E-state index in [1.165, 1.54) is 26.0 Å². The number of aromatic nitrogens is 3. The Labute approximate surface area is 171 Å². The van der Waals surface area contributed by atoms with Gasteiger partial charge in [-0.3, -0.25) is 9.89 Å². The molecule has 2 fully saturated rings. The summed E-state index contributed by atoms with van der Waals surface area (Å²) in [5, 5.41) is 7.41. The highest BCUT2D eigenvalue weighted by Gasteiger charge is 2.31. The van der Waals surface area contributed by atoms with E-state index in [9.17, 15) is 13.2 Å². The van der Waals surface area contributed by atoms with Gasteiger partial charge in [0.1, 0.15) is 5.82 Å². The average Bonchev–Trinajstić information content (AvgIpc) is 3.46. The maximum absolute atomic E-state index is 13.1. The Balaban J connectivity index is 1.48. The smallest absolute Gasteiger partial charge is 0.253 e. The Bertz CT molecular complexity index is 1030. The van der Waals surface area contributed by atoms with Crippen LogP contribution in [0.3, 0.4) is 0 Å². The molecule has 0 atom stereocenters. The van der Waals surface area contributed by atoms with Crippen LogP contribution in [0, 0.1) is 13.8 Å². The number of benzene rings is 1. The fraction of sp³-hybridized carbons (Fsp3) is 0.550. The van der Waals surface area contributed by atoms with Gasteiger partial charge in [0.05, 0.1) is 4.90 Å². The number of hydrogen-bond donors (Lipinski definition) is 2. The first-order valence-electron chi connectivity index (χ1n) is 10.1. The van der Waals surface area contributed by atoms with Gasteiger partial charge >= 0.3 is 0 Å². The number of rotatable bonds is 5. The van der Waals surface area contributed by atoms with E-state index in [1.54, 1.807) is 17.9 Å². The molecule has 0 radical (unpaired) electrons.